The van der Waals surface area contributed by atoms with E-state index < -0.39 is 6.10 Å². The molecule has 2 aromatic carbocycles. The molecule has 0 unspecified atom stereocenters. The standard InChI is InChI=1S/C22H29NO4/c1-7-18(17-11-12-20(25-5)21(13-17)26-6)23-22(24)16(4)27-19-10-8-9-14(2)15(19)3/h8-13,16,18H,7H2,1-6H3,(H,23,24)/t16-,18+/m0/s1. The molecule has 1 N–H and O–H groups in total. The van der Waals surface area contributed by atoms with E-state index in [0.29, 0.717) is 11.5 Å². The van der Waals surface area contributed by atoms with Gasteiger partial charge in [0.2, 0.25) is 0 Å². The lowest BCUT2D eigenvalue weighted by Gasteiger charge is -2.22. The third kappa shape index (κ3) is 4.94. The normalized spacial score (nSPS) is 12.8. The van der Waals surface area contributed by atoms with E-state index in [1.54, 1.807) is 21.1 Å². The van der Waals surface area contributed by atoms with E-state index >= 15 is 0 Å². The third-order valence-electron chi connectivity index (χ3n) is 4.76. The van der Waals surface area contributed by atoms with E-state index in [-0.39, 0.29) is 11.9 Å². The Hall–Kier alpha value is -2.69. The fourth-order valence-electron chi connectivity index (χ4n) is 2.88. The summed E-state index contributed by atoms with van der Waals surface area (Å²) >= 11 is 0. The molecule has 146 valence electrons. The number of benzene rings is 2. The maximum absolute atomic E-state index is 12.7. The lowest BCUT2D eigenvalue weighted by atomic mass is 10.0. The van der Waals surface area contributed by atoms with Crippen molar-refractivity contribution in [1.82, 2.24) is 5.32 Å². The summed E-state index contributed by atoms with van der Waals surface area (Å²) in [6, 6.07) is 11.4. The molecule has 0 fully saturated rings. The van der Waals surface area contributed by atoms with Gasteiger partial charge < -0.3 is 19.5 Å². The molecule has 0 radical (unpaired) electrons. The molecular formula is C22H29NO4. The lowest BCUT2D eigenvalue weighted by molar-refractivity contribution is -0.128. The van der Waals surface area contributed by atoms with Gasteiger partial charge in [0, 0.05) is 0 Å². The highest BCUT2D eigenvalue weighted by molar-refractivity contribution is 5.81. The van der Waals surface area contributed by atoms with Crippen LogP contribution in [0.1, 0.15) is 43.0 Å². The molecule has 0 aliphatic rings. The molecule has 1 amide bonds. The molecule has 0 bridgehead atoms. The Labute approximate surface area is 161 Å². The Bertz CT molecular complexity index is 788. The number of methoxy groups -OCH3 is 2. The zero-order valence-corrected chi connectivity index (χ0v) is 17.0. The second-order valence-corrected chi connectivity index (χ2v) is 6.54. The van der Waals surface area contributed by atoms with Crippen LogP contribution in [0, 0.1) is 13.8 Å². The van der Waals surface area contributed by atoms with Crippen LogP contribution in [0.2, 0.25) is 0 Å². The van der Waals surface area contributed by atoms with E-state index in [2.05, 4.69) is 5.32 Å². The van der Waals surface area contributed by atoms with Crippen LogP contribution in [0.4, 0.5) is 0 Å². The second kappa shape index (κ2) is 9.31. The minimum atomic E-state index is -0.598. The van der Waals surface area contributed by atoms with Gasteiger partial charge in [-0.1, -0.05) is 25.1 Å². The van der Waals surface area contributed by atoms with Crippen LogP contribution in [0.25, 0.3) is 0 Å². The van der Waals surface area contributed by atoms with Crippen molar-refractivity contribution >= 4 is 5.91 Å². The number of carbonyl (C=O) groups excluding carboxylic acids is 1. The second-order valence-electron chi connectivity index (χ2n) is 6.54. The van der Waals surface area contributed by atoms with Gasteiger partial charge in [-0.3, -0.25) is 4.79 Å². The molecule has 0 aromatic heterocycles. The van der Waals surface area contributed by atoms with Crippen LogP contribution in [0.5, 0.6) is 17.2 Å². The zero-order chi connectivity index (χ0) is 20.0. The van der Waals surface area contributed by atoms with Crippen LogP contribution < -0.4 is 19.5 Å². The van der Waals surface area contributed by atoms with Crippen molar-refractivity contribution in [1.29, 1.82) is 0 Å². The van der Waals surface area contributed by atoms with E-state index in [9.17, 15) is 4.79 Å². The van der Waals surface area contributed by atoms with Gasteiger partial charge in [-0.2, -0.15) is 0 Å². The average Bonchev–Trinajstić information content (AvgIpc) is 2.68. The van der Waals surface area contributed by atoms with Crippen molar-refractivity contribution in [3.05, 3.63) is 53.1 Å². The van der Waals surface area contributed by atoms with Gasteiger partial charge in [0.25, 0.3) is 5.91 Å². The summed E-state index contributed by atoms with van der Waals surface area (Å²) in [4.78, 5) is 12.7. The highest BCUT2D eigenvalue weighted by Gasteiger charge is 2.21. The number of carbonyl (C=O) groups is 1. The third-order valence-corrected chi connectivity index (χ3v) is 4.76. The molecular weight excluding hydrogens is 342 g/mol. The first kappa shape index (κ1) is 20.6. The minimum Gasteiger partial charge on any atom is -0.493 e. The van der Waals surface area contributed by atoms with Crippen molar-refractivity contribution in [3.8, 4) is 17.2 Å². The summed E-state index contributed by atoms with van der Waals surface area (Å²) in [5, 5.41) is 3.07. The van der Waals surface area contributed by atoms with Crippen molar-refractivity contribution in [3.63, 3.8) is 0 Å². The first-order valence-corrected chi connectivity index (χ1v) is 9.16. The maximum atomic E-state index is 12.7. The average molecular weight is 371 g/mol. The van der Waals surface area contributed by atoms with Crippen LogP contribution in [-0.4, -0.2) is 26.2 Å². The Kier molecular flexibility index (Phi) is 7.11. The summed E-state index contributed by atoms with van der Waals surface area (Å²) in [6.45, 7) is 7.81. The van der Waals surface area contributed by atoms with Gasteiger partial charge in [-0.15, -0.1) is 0 Å². The van der Waals surface area contributed by atoms with E-state index in [0.717, 1.165) is 28.9 Å². The smallest absolute Gasteiger partial charge is 0.261 e. The van der Waals surface area contributed by atoms with Crippen molar-refractivity contribution < 1.29 is 19.0 Å². The fraction of sp³-hybridized carbons (Fsp3) is 0.409. The monoisotopic (exact) mass is 371 g/mol. The molecule has 5 nitrogen and oxygen atoms in total. The molecule has 0 spiro atoms. The SMILES string of the molecule is CC[C@@H](NC(=O)[C@H](C)Oc1cccc(C)c1C)c1ccc(OC)c(OC)c1. The predicted molar refractivity (Wildman–Crippen MR) is 107 cm³/mol. The Morgan fingerprint density at radius 3 is 2.37 bits per heavy atom. The van der Waals surface area contributed by atoms with E-state index in [1.165, 1.54) is 0 Å². The Balaban J connectivity index is 2.11. The Morgan fingerprint density at radius 1 is 1.04 bits per heavy atom. The molecule has 0 aliphatic carbocycles. The Morgan fingerprint density at radius 2 is 1.74 bits per heavy atom. The van der Waals surface area contributed by atoms with Gasteiger partial charge in [-0.25, -0.2) is 0 Å². The molecule has 2 rings (SSSR count). The van der Waals surface area contributed by atoms with Gasteiger partial charge in [0.1, 0.15) is 5.75 Å². The molecule has 0 aliphatic heterocycles. The van der Waals surface area contributed by atoms with Gasteiger partial charge >= 0.3 is 0 Å². The highest BCUT2D eigenvalue weighted by atomic mass is 16.5. The number of hydrogen-bond acceptors (Lipinski definition) is 4. The molecule has 0 heterocycles. The summed E-state index contributed by atoms with van der Waals surface area (Å²) in [6.07, 6.45) is 0.150. The topological polar surface area (TPSA) is 56.8 Å². The molecule has 0 saturated heterocycles. The summed E-state index contributed by atoms with van der Waals surface area (Å²) in [5.41, 5.74) is 3.14. The number of ether oxygens (including phenoxy) is 3. The van der Waals surface area contributed by atoms with Gasteiger partial charge in [0.05, 0.1) is 20.3 Å². The first-order chi connectivity index (χ1) is 12.9. The highest BCUT2D eigenvalue weighted by Crippen LogP contribution is 2.31. The summed E-state index contributed by atoms with van der Waals surface area (Å²) < 4.78 is 16.5. The number of rotatable bonds is 8. The number of amides is 1. The van der Waals surface area contributed by atoms with Gasteiger partial charge in [-0.05, 0) is 62.1 Å². The van der Waals surface area contributed by atoms with Gasteiger partial charge in [0.15, 0.2) is 17.6 Å². The fourth-order valence-corrected chi connectivity index (χ4v) is 2.88. The molecule has 27 heavy (non-hydrogen) atoms. The van der Waals surface area contributed by atoms with Crippen LogP contribution >= 0.6 is 0 Å². The number of aryl methyl sites for hydroxylation is 1. The van der Waals surface area contributed by atoms with E-state index in [1.807, 2.05) is 57.2 Å². The minimum absolute atomic E-state index is 0.137. The molecule has 2 atom stereocenters. The van der Waals surface area contributed by atoms with Crippen molar-refractivity contribution in [2.75, 3.05) is 14.2 Å². The number of nitrogens with one attached hydrogen (secondary N) is 1. The van der Waals surface area contributed by atoms with Crippen LogP contribution in [0.3, 0.4) is 0 Å². The molecule has 2 aromatic rings. The maximum Gasteiger partial charge on any atom is 0.261 e. The van der Waals surface area contributed by atoms with Crippen molar-refractivity contribution in [2.45, 2.75) is 46.3 Å². The molecule has 5 heteroatoms. The summed E-state index contributed by atoms with van der Waals surface area (Å²) in [5.74, 6) is 1.88. The largest absolute Gasteiger partial charge is 0.493 e. The summed E-state index contributed by atoms with van der Waals surface area (Å²) in [7, 11) is 3.20. The zero-order valence-electron chi connectivity index (χ0n) is 17.0. The van der Waals surface area contributed by atoms with Crippen LogP contribution in [0.15, 0.2) is 36.4 Å². The quantitative estimate of drug-likeness (QED) is 0.749. The predicted octanol–water partition coefficient (Wildman–Crippen LogP) is 4.36. The first-order valence-electron chi connectivity index (χ1n) is 9.16. The molecule has 0 saturated carbocycles. The van der Waals surface area contributed by atoms with Crippen LogP contribution in [-0.2, 0) is 4.79 Å². The van der Waals surface area contributed by atoms with E-state index in [4.69, 9.17) is 14.2 Å². The van der Waals surface area contributed by atoms with Crippen molar-refractivity contribution in [2.24, 2.45) is 0 Å². The lowest BCUT2D eigenvalue weighted by Crippen LogP contribution is -2.38. The number of hydrogen-bond donors (Lipinski definition) is 1.